The minimum atomic E-state index is -0.614. The molecule has 0 aliphatic heterocycles. The van der Waals surface area contributed by atoms with Crippen LogP contribution in [0.1, 0.15) is 29.7 Å². The van der Waals surface area contributed by atoms with E-state index in [0.717, 1.165) is 5.56 Å². The highest BCUT2D eigenvalue weighted by Gasteiger charge is 2.08. The van der Waals surface area contributed by atoms with Gasteiger partial charge >= 0.3 is 0 Å². The van der Waals surface area contributed by atoms with E-state index in [-0.39, 0.29) is 11.8 Å². The van der Waals surface area contributed by atoms with Crippen LogP contribution in [-0.2, 0) is 0 Å². The largest absolute Gasteiger partial charge is 0.505 e. The molecule has 0 aliphatic carbocycles. The number of aromatic hydroxyl groups is 1. The number of hydrogen-bond donors (Lipinski definition) is 2. The Hall–Kier alpha value is -2.03. The fourth-order valence-electron chi connectivity index (χ4n) is 1.96. The van der Waals surface area contributed by atoms with E-state index in [2.05, 4.69) is 37.4 Å². The van der Waals surface area contributed by atoms with Crippen molar-refractivity contribution >= 4 is 5.69 Å². The lowest BCUT2D eigenvalue weighted by atomic mass is 10.0. The van der Waals surface area contributed by atoms with E-state index in [9.17, 15) is 4.39 Å². The van der Waals surface area contributed by atoms with Crippen LogP contribution in [0.5, 0.6) is 5.75 Å². The zero-order valence-corrected chi connectivity index (χ0v) is 11.4. The maximum Gasteiger partial charge on any atom is 0.166 e. The molecule has 2 aromatic carbocycles. The Morgan fingerprint density at radius 2 is 1.79 bits per heavy atom. The molecular formula is C16H18FNO. The number of phenolic OH excluding ortho intramolecular Hbond substituents is 1. The summed E-state index contributed by atoms with van der Waals surface area (Å²) in [4.78, 5) is 0. The van der Waals surface area contributed by atoms with Crippen LogP contribution in [0.25, 0.3) is 0 Å². The third-order valence-electron chi connectivity index (χ3n) is 3.36. The summed E-state index contributed by atoms with van der Waals surface area (Å²) in [6, 6.07) is 10.7. The lowest BCUT2D eigenvalue weighted by Gasteiger charge is -2.17. The van der Waals surface area contributed by atoms with Crippen LogP contribution in [0.15, 0.2) is 36.4 Å². The summed E-state index contributed by atoms with van der Waals surface area (Å²) in [6.07, 6.45) is 0. The Labute approximate surface area is 112 Å². The van der Waals surface area contributed by atoms with Crippen LogP contribution in [0.3, 0.4) is 0 Å². The minimum Gasteiger partial charge on any atom is -0.505 e. The van der Waals surface area contributed by atoms with Gasteiger partial charge in [-0.25, -0.2) is 4.39 Å². The normalized spacial score (nSPS) is 12.2. The highest BCUT2D eigenvalue weighted by atomic mass is 19.1. The number of hydrogen-bond acceptors (Lipinski definition) is 2. The van der Waals surface area contributed by atoms with E-state index in [1.54, 1.807) is 6.07 Å². The lowest BCUT2D eigenvalue weighted by Crippen LogP contribution is -2.07. The maximum atomic E-state index is 13.3. The zero-order valence-electron chi connectivity index (χ0n) is 11.4. The third kappa shape index (κ3) is 3.05. The van der Waals surface area contributed by atoms with E-state index in [1.165, 1.54) is 23.3 Å². The zero-order chi connectivity index (χ0) is 14.0. The summed E-state index contributed by atoms with van der Waals surface area (Å²) in [7, 11) is 0. The molecule has 2 aromatic rings. The molecule has 0 bridgehead atoms. The van der Waals surface area contributed by atoms with Crippen molar-refractivity contribution in [3.8, 4) is 5.75 Å². The number of aryl methyl sites for hydroxylation is 2. The molecule has 0 amide bonds. The fraction of sp³-hybridized carbons (Fsp3) is 0.250. The molecule has 0 saturated carbocycles. The van der Waals surface area contributed by atoms with Crippen LogP contribution < -0.4 is 5.32 Å². The Morgan fingerprint density at radius 3 is 2.42 bits per heavy atom. The molecule has 0 heterocycles. The van der Waals surface area contributed by atoms with Gasteiger partial charge in [0.15, 0.2) is 11.6 Å². The van der Waals surface area contributed by atoms with Crippen molar-refractivity contribution in [3.05, 3.63) is 58.9 Å². The summed E-state index contributed by atoms with van der Waals surface area (Å²) in [5.41, 5.74) is 4.30. The fourth-order valence-corrected chi connectivity index (χ4v) is 1.96. The average molecular weight is 259 g/mol. The van der Waals surface area contributed by atoms with Crippen LogP contribution in [0, 0.1) is 19.7 Å². The van der Waals surface area contributed by atoms with Gasteiger partial charge in [0.2, 0.25) is 0 Å². The topological polar surface area (TPSA) is 32.3 Å². The quantitative estimate of drug-likeness (QED) is 0.804. The molecule has 19 heavy (non-hydrogen) atoms. The van der Waals surface area contributed by atoms with Gasteiger partial charge in [0.05, 0.1) is 0 Å². The van der Waals surface area contributed by atoms with E-state index >= 15 is 0 Å². The second-order valence-electron chi connectivity index (χ2n) is 4.88. The second-order valence-corrected chi connectivity index (χ2v) is 4.88. The molecular weight excluding hydrogens is 241 g/mol. The Morgan fingerprint density at radius 1 is 1.05 bits per heavy atom. The number of benzene rings is 2. The molecule has 100 valence electrons. The van der Waals surface area contributed by atoms with Gasteiger partial charge in [0.1, 0.15) is 0 Å². The van der Waals surface area contributed by atoms with Crippen molar-refractivity contribution in [2.75, 3.05) is 5.32 Å². The molecule has 0 radical (unpaired) electrons. The summed E-state index contributed by atoms with van der Waals surface area (Å²) < 4.78 is 13.3. The predicted molar refractivity (Wildman–Crippen MR) is 76.0 cm³/mol. The van der Waals surface area contributed by atoms with Gasteiger partial charge in [-0.3, -0.25) is 0 Å². The lowest BCUT2D eigenvalue weighted by molar-refractivity contribution is 0.432. The van der Waals surface area contributed by atoms with Crippen LogP contribution >= 0.6 is 0 Å². The summed E-state index contributed by atoms with van der Waals surface area (Å²) in [6.45, 7) is 6.17. The van der Waals surface area contributed by atoms with Crippen molar-refractivity contribution in [2.24, 2.45) is 0 Å². The maximum absolute atomic E-state index is 13.3. The Bertz CT molecular complexity index is 595. The van der Waals surface area contributed by atoms with Gasteiger partial charge < -0.3 is 10.4 Å². The first-order chi connectivity index (χ1) is 8.97. The van der Waals surface area contributed by atoms with Gasteiger partial charge in [0, 0.05) is 17.8 Å². The number of rotatable bonds is 3. The average Bonchev–Trinajstić information content (AvgIpc) is 2.37. The van der Waals surface area contributed by atoms with Crippen LogP contribution in [-0.4, -0.2) is 5.11 Å². The van der Waals surface area contributed by atoms with E-state index in [0.29, 0.717) is 5.69 Å². The Balaban J connectivity index is 2.17. The highest BCUT2D eigenvalue weighted by molar-refractivity contribution is 5.49. The molecule has 0 aliphatic rings. The van der Waals surface area contributed by atoms with Gasteiger partial charge in [-0.1, -0.05) is 18.2 Å². The molecule has 2 nitrogen and oxygen atoms in total. The van der Waals surface area contributed by atoms with Crippen LogP contribution in [0.2, 0.25) is 0 Å². The molecule has 0 spiro atoms. The molecule has 0 saturated heterocycles. The molecule has 1 unspecified atom stereocenters. The van der Waals surface area contributed by atoms with Gasteiger partial charge in [-0.15, -0.1) is 0 Å². The van der Waals surface area contributed by atoms with Crippen molar-refractivity contribution in [1.29, 1.82) is 0 Å². The first kappa shape index (κ1) is 13.4. The molecule has 0 aromatic heterocycles. The summed E-state index contributed by atoms with van der Waals surface area (Å²) in [5.74, 6) is -0.943. The minimum absolute atomic E-state index is 0.0724. The first-order valence-corrected chi connectivity index (χ1v) is 6.29. The first-order valence-electron chi connectivity index (χ1n) is 6.29. The molecule has 2 rings (SSSR count). The van der Waals surface area contributed by atoms with Crippen molar-refractivity contribution in [2.45, 2.75) is 26.8 Å². The monoisotopic (exact) mass is 259 g/mol. The van der Waals surface area contributed by atoms with Crippen LogP contribution in [0.4, 0.5) is 10.1 Å². The molecule has 2 N–H and O–H groups in total. The summed E-state index contributed by atoms with van der Waals surface area (Å²) in [5, 5.41) is 12.4. The standard InChI is InChI=1S/C16H18FNO/c1-10-4-5-13(8-11(10)2)12(3)18-14-6-7-16(19)15(17)9-14/h4-9,12,18-19H,1-3H3. The van der Waals surface area contributed by atoms with Gasteiger partial charge in [0.25, 0.3) is 0 Å². The molecule has 1 atom stereocenters. The number of nitrogens with one attached hydrogen (secondary N) is 1. The smallest absolute Gasteiger partial charge is 0.166 e. The van der Waals surface area contributed by atoms with Gasteiger partial charge in [-0.05, 0) is 49.6 Å². The third-order valence-corrected chi connectivity index (χ3v) is 3.36. The summed E-state index contributed by atoms with van der Waals surface area (Å²) >= 11 is 0. The van der Waals surface area contributed by atoms with E-state index in [1.807, 2.05) is 6.92 Å². The Kier molecular flexibility index (Phi) is 3.74. The number of anilines is 1. The SMILES string of the molecule is Cc1ccc(C(C)Nc2ccc(O)c(F)c2)cc1C. The highest BCUT2D eigenvalue weighted by Crippen LogP contribution is 2.24. The van der Waals surface area contributed by atoms with E-state index < -0.39 is 5.82 Å². The number of phenols is 1. The second kappa shape index (κ2) is 5.31. The van der Waals surface area contributed by atoms with E-state index in [4.69, 9.17) is 5.11 Å². The molecule has 3 heteroatoms. The number of halogens is 1. The van der Waals surface area contributed by atoms with Crippen molar-refractivity contribution < 1.29 is 9.50 Å². The predicted octanol–water partition coefficient (Wildman–Crippen LogP) is 4.32. The van der Waals surface area contributed by atoms with Gasteiger partial charge in [-0.2, -0.15) is 0 Å². The van der Waals surface area contributed by atoms with Crippen molar-refractivity contribution in [3.63, 3.8) is 0 Å². The molecule has 0 fully saturated rings. The van der Waals surface area contributed by atoms with Crippen molar-refractivity contribution in [1.82, 2.24) is 0 Å².